The summed E-state index contributed by atoms with van der Waals surface area (Å²) in [5, 5.41) is 2.85. The Kier molecular flexibility index (Phi) is 3.43. The van der Waals surface area contributed by atoms with Crippen molar-refractivity contribution in [2.75, 3.05) is 5.32 Å². The van der Waals surface area contributed by atoms with Crippen LogP contribution in [-0.4, -0.2) is 16.4 Å². The Balaban J connectivity index is 2.04. The van der Waals surface area contributed by atoms with Crippen LogP contribution in [0.5, 0.6) is 0 Å². The fourth-order valence-corrected chi connectivity index (χ4v) is 2.49. The van der Waals surface area contributed by atoms with E-state index in [4.69, 9.17) is 5.73 Å². The highest BCUT2D eigenvalue weighted by Crippen LogP contribution is 2.31. The SMILES string of the molecule is CC1CCCC(N)(C(=O)Nc2cccnc2)C1. The molecule has 0 aromatic carbocycles. The van der Waals surface area contributed by atoms with Crippen LogP contribution in [0.4, 0.5) is 5.69 Å². The van der Waals surface area contributed by atoms with E-state index in [-0.39, 0.29) is 5.91 Å². The average molecular weight is 233 g/mol. The van der Waals surface area contributed by atoms with Crippen LogP contribution in [0.1, 0.15) is 32.6 Å². The first-order chi connectivity index (χ1) is 8.10. The van der Waals surface area contributed by atoms with Crippen LogP contribution < -0.4 is 11.1 Å². The number of nitrogens with zero attached hydrogens (tertiary/aromatic N) is 1. The van der Waals surface area contributed by atoms with Gasteiger partial charge in [0, 0.05) is 6.20 Å². The molecule has 1 fully saturated rings. The first-order valence-corrected chi connectivity index (χ1v) is 6.10. The van der Waals surface area contributed by atoms with Crippen molar-refractivity contribution in [3.05, 3.63) is 24.5 Å². The summed E-state index contributed by atoms with van der Waals surface area (Å²) in [6.45, 7) is 2.15. The van der Waals surface area contributed by atoms with Gasteiger partial charge in [-0.25, -0.2) is 0 Å². The number of nitrogens with one attached hydrogen (secondary N) is 1. The van der Waals surface area contributed by atoms with Gasteiger partial charge in [0.25, 0.3) is 0 Å². The van der Waals surface area contributed by atoms with Crippen LogP contribution in [0.3, 0.4) is 0 Å². The number of rotatable bonds is 2. The minimum absolute atomic E-state index is 0.0861. The van der Waals surface area contributed by atoms with Gasteiger partial charge in [-0.15, -0.1) is 0 Å². The van der Waals surface area contributed by atoms with E-state index >= 15 is 0 Å². The van der Waals surface area contributed by atoms with E-state index in [0.717, 1.165) is 19.3 Å². The Hall–Kier alpha value is -1.42. The Morgan fingerprint density at radius 3 is 3.12 bits per heavy atom. The molecule has 1 aromatic rings. The molecule has 4 nitrogen and oxygen atoms in total. The van der Waals surface area contributed by atoms with E-state index in [1.807, 2.05) is 6.07 Å². The van der Waals surface area contributed by atoms with Crippen molar-refractivity contribution in [2.24, 2.45) is 11.7 Å². The first kappa shape index (κ1) is 12.0. The predicted molar refractivity (Wildman–Crippen MR) is 67.4 cm³/mol. The lowest BCUT2D eigenvalue weighted by Crippen LogP contribution is -2.53. The lowest BCUT2D eigenvalue weighted by atomic mass is 9.76. The quantitative estimate of drug-likeness (QED) is 0.820. The fourth-order valence-electron chi connectivity index (χ4n) is 2.49. The van der Waals surface area contributed by atoms with Crippen molar-refractivity contribution in [1.29, 1.82) is 0 Å². The lowest BCUT2D eigenvalue weighted by Gasteiger charge is -2.35. The molecule has 1 aliphatic rings. The van der Waals surface area contributed by atoms with Crippen molar-refractivity contribution in [3.8, 4) is 0 Å². The smallest absolute Gasteiger partial charge is 0.244 e. The molecule has 1 saturated carbocycles. The van der Waals surface area contributed by atoms with Gasteiger partial charge in [0.15, 0.2) is 0 Å². The van der Waals surface area contributed by atoms with Crippen LogP contribution in [0.25, 0.3) is 0 Å². The highest BCUT2D eigenvalue weighted by Gasteiger charge is 2.37. The number of carbonyl (C=O) groups is 1. The molecule has 1 amide bonds. The minimum Gasteiger partial charge on any atom is -0.323 e. The molecule has 17 heavy (non-hydrogen) atoms. The number of anilines is 1. The predicted octanol–water partition coefficient (Wildman–Crippen LogP) is 1.93. The third kappa shape index (κ3) is 2.82. The second kappa shape index (κ2) is 4.84. The van der Waals surface area contributed by atoms with Gasteiger partial charge in [0.05, 0.1) is 17.4 Å². The summed E-state index contributed by atoms with van der Waals surface area (Å²) in [7, 11) is 0. The van der Waals surface area contributed by atoms with Crippen molar-refractivity contribution in [1.82, 2.24) is 4.98 Å². The van der Waals surface area contributed by atoms with Gasteiger partial charge in [-0.1, -0.05) is 19.8 Å². The topological polar surface area (TPSA) is 68.0 Å². The van der Waals surface area contributed by atoms with Crippen molar-refractivity contribution < 1.29 is 4.79 Å². The van der Waals surface area contributed by atoms with Crippen molar-refractivity contribution in [2.45, 2.75) is 38.1 Å². The molecule has 0 aliphatic heterocycles. The number of pyridine rings is 1. The zero-order valence-corrected chi connectivity index (χ0v) is 10.1. The lowest BCUT2D eigenvalue weighted by molar-refractivity contribution is -0.122. The summed E-state index contributed by atoms with van der Waals surface area (Å²) in [6.07, 6.45) is 7.03. The standard InChI is InChI=1S/C13H19N3O/c1-10-4-2-6-13(14,8-10)12(17)16-11-5-3-7-15-9-11/h3,5,7,9-10H,2,4,6,8,14H2,1H3,(H,16,17). The molecule has 2 atom stereocenters. The first-order valence-electron chi connectivity index (χ1n) is 6.10. The van der Waals surface area contributed by atoms with Gasteiger partial charge in [0.1, 0.15) is 0 Å². The minimum atomic E-state index is -0.715. The van der Waals surface area contributed by atoms with Gasteiger partial charge >= 0.3 is 0 Å². The van der Waals surface area contributed by atoms with E-state index < -0.39 is 5.54 Å². The van der Waals surface area contributed by atoms with Crippen LogP contribution in [0.15, 0.2) is 24.5 Å². The number of hydrogen-bond acceptors (Lipinski definition) is 3. The molecule has 0 radical (unpaired) electrons. The Morgan fingerprint density at radius 2 is 2.47 bits per heavy atom. The average Bonchev–Trinajstić information content (AvgIpc) is 2.30. The zero-order chi connectivity index (χ0) is 12.3. The summed E-state index contributed by atoms with van der Waals surface area (Å²) in [5.41, 5.74) is 6.20. The molecule has 0 spiro atoms. The maximum atomic E-state index is 12.2. The summed E-state index contributed by atoms with van der Waals surface area (Å²) in [4.78, 5) is 16.1. The second-order valence-electron chi connectivity index (χ2n) is 5.05. The van der Waals surface area contributed by atoms with E-state index in [0.29, 0.717) is 11.6 Å². The second-order valence-corrected chi connectivity index (χ2v) is 5.05. The highest BCUT2D eigenvalue weighted by atomic mass is 16.2. The number of nitrogens with two attached hydrogens (primary N) is 1. The molecule has 0 saturated heterocycles. The van der Waals surface area contributed by atoms with Gasteiger partial charge in [0.2, 0.25) is 5.91 Å². The van der Waals surface area contributed by atoms with E-state index in [1.165, 1.54) is 6.42 Å². The molecule has 1 aliphatic carbocycles. The maximum absolute atomic E-state index is 12.2. The van der Waals surface area contributed by atoms with Crippen LogP contribution in [0, 0.1) is 5.92 Å². The third-order valence-corrected chi connectivity index (χ3v) is 3.40. The van der Waals surface area contributed by atoms with Gasteiger partial charge in [-0.05, 0) is 30.9 Å². The van der Waals surface area contributed by atoms with E-state index in [9.17, 15) is 4.79 Å². The number of aromatic nitrogens is 1. The summed E-state index contributed by atoms with van der Waals surface area (Å²) >= 11 is 0. The van der Waals surface area contributed by atoms with Gasteiger partial charge in [-0.3, -0.25) is 9.78 Å². The largest absolute Gasteiger partial charge is 0.323 e. The Bertz CT molecular complexity index is 393. The summed E-state index contributed by atoms with van der Waals surface area (Å²) in [6, 6.07) is 3.61. The molecule has 1 aromatic heterocycles. The van der Waals surface area contributed by atoms with Crippen LogP contribution >= 0.6 is 0 Å². The van der Waals surface area contributed by atoms with Gasteiger partial charge in [-0.2, -0.15) is 0 Å². The molecule has 2 unspecified atom stereocenters. The molecule has 3 N–H and O–H groups in total. The van der Waals surface area contributed by atoms with E-state index in [1.54, 1.807) is 18.5 Å². The maximum Gasteiger partial charge on any atom is 0.244 e. The molecule has 92 valence electrons. The Morgan fingerprint density at radius 1 is 1.65 bits per heavy atom. The van der Waals surface area contributed by atoms with Crippen LogP contribution in [-0.2, 0) is 4.79 Å². The van der Waals surface area contributed by atoms with Gasteiger partial charge < -0.3 is 11.1 Å². The summed E-state index contributed by atoms with van der Waals surface area (Å²) in [5.74, 6) is 0.436. The van der Waals surface area contributed by atoms with Crippen molar-refractivity contribution >= 4 is 11.6 Å². The molecule has 0 bridgehead atoms. The molecule has 2 rings (SSSR count). The highest BCUT2D eigenvalue weighted by molar-refractivity contribution is 5.97. The number of hydrogen-bond donors (Lipinski definition) is 2. The third-order valence-electron chi connectivity index (χ3n) is 3.40. The molecule has 4 heteroatoms. The van der Waals surface area contributed by atoms with E-state index in [2.05, 4.69) is 17.2 Å². The molecular formula is C13H19N3O. The number of amides is 1. The normalized spacial score (nSPS) is 28.7. The zero-order valence-electron chi connectivity index (χ0n) is 10.1. The van der Waals surface area contributed by atoms with Crippen molar-refractivity contribution in [3.63, 3.8) is 0 Å². The Labute approximate surface area is 102 Å². The molecular weight excluding hydrogens is 214 g/mol. The monoisotopic (exact) mass is 233 g/mol. The fraction of sp³-hybridized carbons (Fsp3) is 0.538. The molecule has 1 heterocycles. The summed E-state index contributed by atoms with van der Waals surface area (Å²) < 4.78 is 0. The van der Waals surface area contributed by atoms with Crippen LogP contribution in [0.2, 0.25) is 0 Å². The number of carbonyl (C=O) groups excluding carboxylic acids is 1.